The van der Waals surface area contributed by atoms with Gasteiger partial charge >= 0.3 is 0 Å². The average Bonchev–Trinajstić information content (AvgIpc) is 3.22. The van der Waals surface area contributed by atoms with Gasteiger partial charge in [0.25, 0.3) is 0 Å². The molecule has 128 valence electrons. The molecule has 0 spiro atoms. The minimum atomic E-state index is -0.365. The SMILES string of the molecule is CNC(=O)C1Cc2ccccc2CN1C(=O)CC1CC2CCC1C2. The predicted octanol–water partition coefficient (Wildman–Crippen LogP) is 2.51. The molecule has 2 bridgehead atoms. The van der Waals surface area contributed by atoms with Gasteiger partial charge in [-0.05, 0) is 48.1 Å². The maximum Gasteiger partial charge on any atom is 0.242 e. The van der Waals surface area contributed by atoms with Crippen molar-refractivity contribution in [3.63, 3.8) is 0 Å². The van der Waals surface area contributed by atoms with E-state index in [1.807, 2.05) is 17.0 Å². The van der Waals surface area contributed by atoms with Crippen molar-refractivity contribution in [2.45, 2.75) is 51.1 Å². The molecule has 2 amide bonds. The van der Waals surface area contributed by atoms with Crippen molar-refractivity contribution in [1.29, 1.82) is 0 Å². The molecular weight excluding hydrogens is 300 g/mol. The van der Waals surface area contributed by atoms with E-state index in [4.69, 9.17) is 0 Å². The average molecular weight is 326 g/mol. The summed E-state index contributed by atoms with van der Waals surface area (Å²) in [6.45, 7) is 0.563. The van der Waals surface area contributed by atoms with Crippen LogP contribution in [0.4, 0.5) is 0 Å². The first-order valence-corrected chi connectivity index (χ1v) is 9.23. The molecule has 2 aliphatic carbocycles. The summed E-state index contributed by atoms with van der Waals surface area (Å²) in [7, 11) is 1.65. The highest BCUT2D eigenvalue weighted by atomic mass is 16.2. The van der Waals surface area contributed by atoms with Crippen molar-refractivity contribution in [2.24, 2.45) is 17.8 Å². The summed E-state index contributed by atoms with van der Waals surface area (Å²) in [5.74, 6) is 2.25. The van der Waals surface area contributed by atoms with Crippen LogP contribution in [-0.4, -0.2) is 29.8 Å². The fourth-order valence-corrected chi connectivity index (χ4v) is 5.15. The maximum atomic E-state index is 13.0. The third-order valence-corrected chi connectivity index (χ3v) is 6.44. The third-order valence-electron chi connectivity index (χ3n) is 6.44. The van der Waals surface area contributed by atoms with Gasteiger partial charge in [-0.3, -0.25) is 9.59 Å². The number of nitrogens with one attached hydrogen (secondary N) is 1. The third kappa shape index (κ3) is 2.72. The number of likely N-dealkylation sites (N-methyl/N-ethyl adjacent to an activating group) is 1. The molecule has 0 radical (unpaired) electrons. The number of rotatable bonds is 3. The predicted molar refractivity (Wildman–Crippen MR) is 92.1 cm³/mol. The lowest BCUT2D eigenvalue weighted by Gasteiger charge is -2.37. The Morgan fingerprint density at radius 3 is 2.62 bits per heavy atom. The van der Waals surface area contributed by atoms with Crippen molar-refractivity contribution in [3.05, 3.63) is 35.4 Å². The molecule has 1 heterocycles. The van der Waals surface area contributed by atoms with Gasteiger partial charge in [-0.2, -0.15) is 0 Å². The highest BCUT2D eigenvalue weighted by Crippen LogP contribution is 2.49. The number of amides is 2. The van der Waals surface area contributed by atoms with Gasteiger partial charge < -0.3 is 10.2 Å². The number of benzene rings is 1. The zero-order valence-corrected chi connectivity index (χ0v) is 14.3. The summed E-state index contributed by atoms with van der Waals surface area (Å²) >= 11 is 0. The molecule has 1 N–H and O–H groups in total. The van der Waals surface area contributed by atoms with E-state index >= 15 is 0 Å². The number of hydrogen-bond donors (Lipinski definition) is 1. The van der Waals surface area contributed by atoms with E-state index in [1.165, 1.54) is 36.8 Å². The molecule has 1 aromatic carbocycles. The van der Waals surface area contributed by atoms with Gasteiger partial charge in [0, 0.05) is 26.4 Å². The van der Waals surface area contributed by atoms with Gasteiger partial charge in [-0.1, -0.05) is 30.7 Å². The normalized spacial score (nSPS) is 31.0. The molecule has 2 fully saturated rings. The first kappa shape index (κ1) is 15.7. The van der Waals surface area contributed by atoms with E-state index in [-0.39, 0.29) is 17.9 Å². The number of hydrogen-bond acceptors (Lipinski definition) is 2. The Morgan fingerprint density at radius 2 is 1.96 bits per heavy atom. The minimum Gasteiger partial charge on any atom is -0.357 e. The van der Waals surface area contributed by atoms with Crippen molar-refractivity contribution in [3.8, 4) is 0 Å². The highest BCUT2D eigenvalue weighted by Gasteiger charge is 2.42. The van der Waals surface area contributed by atoms with Gasteiger partial charge in [0.05, 0.1) is 0 Å². The molecule has 0 aromatic heterocycles. The summed E-state index contributed by atoms with van der Waals surface area (Å²) in [5, 5.41) is 2.74. The number of carbonyl (C=O) groups is 2. The van der Waals surface area contributed by atoms with Gasteiger partial charge in [-0.15, -0.1) is 0 Å². The fourth-order valence-electron chi connectivity index (χ4n) is 5.15. The van der Waals surface area contributed by atoms with Gasteiger partial charge in [0.1, 0.15) is 6.04 Å². The van der Waals surface area contributed by atoms with Crippen LogP contribution in [0, 0.1) is 17.8 Å². The van der Waals surface area contributed by atoms with E-state index in [2.05, 4.69) is 17.4 Å². The number of fused-ring (bicyclic) bond motifs is 3. The van der Waals surface area contributed by atoms with Gasteiger partial charge in [-0.25, -0.2) is 0 Å². The fraction of sp³-hybridized carbons (Fsp3) is 0.600. The Hall–Kier alpha value is -1.84. The van der Waals surface area contributed by atoms with E-state index in [0.29, 0.717) is 25.3 Å². The highest BCUT2D eigenvalue weighted by molar-refractivity contribution is 5.88. The summed E-state index contributed by atoms with van der Waals surface area (Å²) in [6.07, 6.45) is 6.43. The Labute approximate surface area is 143 Å². The van der Waals surface area contributed by atoms with Crippen LogP contribution in [0.15, 0.2) is 24.3 Å². The lowest BCUT2D eigenvalue weighted by molar-refractivity contribution is -0.142. The van der Waals surface area contributed by atoms with Crippen molar-refractivity contribution in [1.82, 2.24) is 10.2 Å². The summed E-state index contributed by atoms with van der Waals surface area (Å²) in [4.78, 5) is 27.2. The van der Waals surface area contributed by atoms with Crippen LogP contribution >= 0.6 is 0 Å². The van der Waals surface area contributed by atoms with Crippen LogP contribution in [-0.2, 0) is 22.6 Å². The monoisotopic (exact) mass is 326 g/mol. The molecule has 4 heteroatoms. The molecule has 0 saturated heterocycles. The van der Waals surface area contributed by atoms with Crippen LogP contribution in [0.1, 0.15) is 43.2 Å². The standard InChI is InChI=1S/C20H26N2O2/c1-21-20(24)18-10-14-4-2-3-5-16(14)12-22(18)19(23)11-17-9-13-6-7-15(17)8-13/h2-5,13,15,17-18H,6-12H2,1H3,(H,21,24). The second-order valence-electron chi connectivity index (χ2n) is 7.76. The first-order chi connectivity index (χ1) is 11.7. The Balaban J connectivity index is 1.52. The van der Waals surface area contributed by atoms with Crippen LogP contribution in [0.5, 0.6) is 0 Å². The zero-order chi connectivity index (χ0) is 16.7. The van der Waals surface area contributed by atoms with Crippen LogP contribution in [0.25, 0.3) is 0 Å². The lowest BCUT2D eigenvalue weighted by Crippen LogP contribution is -2.52. The molecule has 4 rings (SSSR count). The quantitative estimate of drug-likeness (QED) is 0.928. The molecule has 4 nitrogen and oxygen atoms in total. The molecule has 1 aromatic rings. The van der Waals surface area contributed by atoms with Crippen LogP contribution < -0.4 is 5.32 Å². The van der Waals surface area contributed by atoms with Crippen LogP contribution in [0.2, 0.25) is 0 Å². The molecule has 2 saturated carbocycles. The van der Waals surface area contributed by atoms with E-state index in [1.54, 1.807) is 7.05 Å². The largest absolute Gasteiger partial charge is 0.357 e. The first-order valence-electron chi connectivity index (χ1n) is 9.23. The summed E-state index contributed by atoms with van der Waals surface area (Å²) < 4.78 is 0. The van der Waals surface area contributed by atoms with E-state index < -0.39 is 0 Å². The van der Waals surface area contributed by atoms with Gasteiger partial charge in [0.15, 0.2) is 0 Å². The molecule has 3 aliphatic rings. The number of nitrogens with zero attached hydrogens (tertiary/aromatic N) is 1. The Kier molecular flexibility index (Phi) is 4.07. The Bertz CT molecular complexity index is 657. The van der Waals surface area contributed by atoms with Gasteiger partial charge in [0.2, 0.25) is 11.8 Å². The number of carbonyl (C=O) groups excluding carboxylic acids is 2. The molecule has 4 atom stereocenters. The second-order valence-corrected chi connectivity index (χ2v) is 7.76. The lowest BCUT2D eigenvalue weighted by atomic mass is 9.85. The minimum absolute atomic E-state index is 0.0502. The smallest absolute Gasteiger partial charge is 0.242 e. The maximum absolute atomic E-state index is 13.0. The molecule has 24 heavy (non-hydrogen) atoms. The molecular formula is C20H26N2O2. The van der Waals surface area contributed by atoms with Crippen molar-refractivity contribution >= 4 is 11.8 Å². The molecule has 1 aliphatic heterocycles. The zero-order valence-electron chi connectivity index (χ0n) is 14.3. The summed E-state index contributed by atoms with van der Waals surface area (Å²) in [5.41, 5.74) is 2.37. The Morgan fingerprint density at radius 1 is 1.17 bits per heavy atom. The van der Waals surface area contributed by atoms with E-state index in [0.717, 1.165) is 11.8 Å². The van der Waals surface area contributed by atoms with Crippen LogP contribution in [0.3, 0.4) is 0 Å². The topological polar surface area (TPSA) is 49.4 Å². The van der Waals surface area contributed by atoms with Crippen molar-refractivity contribution in [2.75, 3.05) is 7.05 Å². The van der Waals surface area contributed by atoms with E-state index in [9.17, 15) is 9.59 Å². The summed E-state index contributed by atoms with van der Waals surface area (Å²) in [6, 6.07) is 7.80. The molecule has 4 unspecified atom stereocenters. The van der Waals surface area contributed by atoms with Crippen molar-refractivity contribution < 1.29 is 9.59 Å². The second kappa shape index (κ2) is 6.23.